The van der Waals surface area contributed by atoms with E-state index < -0.39 is 29.7 Å². The number of hydrogen-bond acceptors (Lipinski definition) is 8. The van der Waals surface area contributed by atoms with Crippen LogP contribution in [-0.2, 0) is 23.9 Å². The predicted octanol–water partition coefficient (Wildman–Crippen LogP) is 1.57. The number of hydrogen-bond donors (Lipinski definition) is 1. The number of nitrogens with one attached hydrogen (secondary N) is 1. The van der Waals surface area contributed by atoms with Crippen LogP contribution in [0.5, 0.6) is 0 Å². The lowest BCUT2D eigenvalue weighted by Gasteiger charge is -2.31. The summed E-state index contributed by atoms with van der Waals surface area (Å²) in [7, 11) is 2.43. The van der Waals surface area contributed by atoms with Crippen LogP contribution in [0.4, 0.5) is 0 Å². The van der Waals surface area contributed by atoms with E-state index in [0.29, 0.717) is 24.2 Å². The molecule has 9 nitrogen and oxygen atoms in total. The maximum atomic E-state index is 12.8. The number of esters is 2. The molecular formula is C22H23N3O6S. The zero-order valence-corrected chi connectivity index (χ0v) is 18.6. The van der Waals surface area contributed by atoms with Crippen LogP contribution < -0.4 is 5.32 Å². The normalized spacial score (nSPS) is 20.4. The summed E-state index contributed by atoms with van der Waals surface area (Å²) in [5.41, 5.74) is 0.938. The Hall–Kier alpha value is -3.32. The van der Waals surface area contributed by atoms with Crippen LogP contribution in [0, 0.1) is 17.2 Å². The van der Waals surface area contributed by atoms with Crippen LogP contribution in [0.1, 0.15) is 34.7 Å². The van der Waals surface area contributed by atoms with Crippen molar-refractivity contribution >= 4 is 35.5 Å². The number of allylic oxidation sites excluding steroid dienone is 1. The number of benzene rings is 1. The molecule has 1 aromatic rings. The SMILES string of the molecule is COC(=O)c1ccc([C@H]2C(C#N)=C(SCC(=O)N3CCCC3)NC(=O)[C@@H]2C(=O)OC)cc1. The van der Waals surface area contributed by atoms with Gasteiger partial charge in [0.2, 0.25) is 11.8 Å². The number of likely N-dealkylation sites (tertiary alicyclic amines) is 1. The molecule has 1 aromatic carbocycles. The Labute approximate surface area is 189 Å². The number of carbonyl (C=O) groups is 4. The average Bonchev–Trinajstić information content (AvgIpc) is 3.36. The van der Waals surface area contributed by atoms with E-state index in [1.54, 1.807) is 17.0 Å². The number of thioether (sulfide) groups is 1. The number of ether oxygens (including phenoxy) is 2. The molecule has 32 heavy (non-hydrogen) atoms. The van der Waals surface area contributed by atoms with Crippen LogP contribution in [0.2, 0.25) is 0 Å². The molecule has 2 aliphatic heterocycles. The van der Waals surface area contributed by atoms with E-state index in [9.17, 15) is 24.4 Å². The second-order valence-corrected chi connectivity index (χ2v) is 8.30. The molecular weight excluding hydrogens is 434 g/mol. The van der Waals surface area contributed by atoms with Gasteiger partial charge < -0.3 is 19.7 Å². The molecule has 168 valence electrons. The first-order chi connectivity index (χ1) is 15.4. The van der Waals surface area contributed by atoms with Crippen molar-refractivity contribution in [1.82, 2.24) is 10.2 Å². The first-order valence-electron chi connectivity index (χ1n) is 10.0. The van der Waals surface area contributed by atoms with Gasteiger partial charge in [0, 0.05) is 19.0 Å². The summed E-state index contributed by atoms with van der Waals surface area (Å²) in [6, 6.07) is 8.23. The summed E-state index contributed by atoms with van der Waals surface area (Å²) in [5.74, 6) is -4.13. The summed E-state index contributed by atoms with van der Waals surface area (Å²) in [4.78, 5) is 51.2. The molecule has 0 bridgehead atoms. The molecule has 0 spiro atoms. The molecule has 2 aliphatic rings. The van der Waals surface area contributed by atoms with Crippen LogP contribution in [0.25, 0.3) is 0 Å². The van der Waals surface area contributed by atoms with E-state index in [4.69, 9.17) is 9.47 Å². The third-order valence-corrected chi connectivity index (χ3v) is 6.48. The quantitative estimate of drug-likeness (QED) is 0.504. The van der Waals surface area contributed by atoms with Crippen molar-refractivity contribution in [3.8, 4) is 6.07 Å². The first kappa shape index (κ1) is 23.3. The minimum absolute atomic E-state index is 0.0671. The zero-order chi connectivity index (χ0) is 23.3. The number of nitriles is 1. The Balaban J connectivity index is 1.95. The number of carbonyl (C=O) groups excluding carboxylic acids is 4. The lowest BCUT2D eigenvalue weighted by Crippen LogP contribution is -2.44. The highest BCUT2D eigenvalue weighted by Crippen LogP contribution is 2.40. The second-order valence-electron chi connectivity index (χ2n) is 7.31. The Morgan fingerprint density at radius 2 is 1.81 bits per heavy atom. The smallest absolute Gasteiger partial charge is 0.337 e. The molecule has 0 saturated carbocycles. The Bertz CT molecular complexity index is 992. The summed E-state index contributed by atoms with van der Waals surface area (Å²) < 4.78 is 9.50. The highest BCUT2D eigenvalue weighted by atomic mass is 32.2. The molecule has 2 atom stereocenters. The molecule has 0 aromatic heterocycles. The van der Waals surface area contributed by atoms with Crippen LogP contribution in [0.3, 0.4) is 0 Å². The van der Waals surface area contributed by atoms with Gasteiger partial charge in [-0.05, 0) is 30.5 Å². The molecule has 1 fully saturated rings. The minimum Gasteiger partial charge on any atom is -0.468 e. The fourth-order valence-electron chi connectivity index (χ4n) is 3.82. The maximum absolute atomic E-state index is 12.8. The fourth-order valence-corrected chi connectivity index (χ4v) is 4.77. The van der Waals surface area contributed by atoms with Gasteiger partial charge in [0.1, 0.15) is 5.92 Å². The van der Waals surface area contributed by atoms with E-state index in [2.05, 4.69) is 11.4 Å². The van der Waals surface area contributed by atoms with Crippen molar-refractivity contribution in [2.45, 2.75) is 18.8 Å². The van der Waals surface area contributed by atoms with E-state index in [-0.39, 0.29) is 22.3 Å². The van der Waals surface area contributed by atoms with Gasteiger partial charge in [-0.2, -0.15) is 5.26 Å². The lowest BCUT2D eigenvalue weighted by atomic mass is 9.78. The molecule has 10 heteroatoms. The van der Waals surface area contributed by atoms with Crippen LogP contribution in [-0.4, -0.2) is 61.7 Å². The predicted molar refractivity (Wildman–Crippen MR) is 115 cm³/mol. The standard InChI is InChI=1S/C22H23N3O6S/c1-30-21(28)14-7-5-13(6-8-14)17-15(11-23)20(24-19(27)18(17)22(29)31-2)32-12-16(26)25-9-3-4-10-25/h5-8,17-18H,3-4,9-10,12H2,1-2H3,(H,24,27)/t17-,18+/m0/s1. The Morgan fingerprint density at radius 1 is 1.16 bits per heavy atom. The van der Waals surface area contributed by atoms with E-state index in [1.165, 1.54) is 26.4 Å². The van der Waals surface area contributed by atoms with Crippen LogP contribution in [0.15, 0.2) is 34.9 Å². The number of rotatable bonds is 6. The largest absolute Gasteiger partial charge is 0.468 e. The molecule has 0 aliphatic carbocycles. The highest BCUT2D eigenvalue weighted by molar-refractivity contribution is 8.03. The second kappa shape index (κ2) is 10.3. The topological polar surface area (TPSA) is 126 Å². The third kappa shape index (κ3) is 4.78. The van der Waals surface area contributed by atoms with Gasteiger partial charge in [-0.25, -0.2) is 4.79 Å². The van der Waals surface area contributed by atoms with Gasteiger partial charge in [0.15, 0.2) is 0 Å². The van der Waals surface area contributed by atoms with E-state index in [0.717, 1.165) is 24.6 Å². The summed E-state index contributed by atoms with van der Waals surface area (Å²) in [6.07, 6.45) is 1.92. The van der Waals surface area contributed by atoms with Crippen molar-refractivity contribution in [3.63, 3.8) is 0 Å². The summed E-state index contributed by atoms with van der Waals surface area (Å²) in [5, 5.41) is 12.8. The Kier molecular flexibility index (Phi) is 7.53. The van der Waals surface area contributed by atoms with Crippen LogP contribution >= 0.6 is 11.8 Å². The summed E-state index contributed by atoms with van der Waals surface area (Å²) in [6.45, 7) is 1.41. The first-order valence-corrected chi connectivity index (χ1v) is 11.0. The summed E-state index contributed by atoms with van der Waals surface area (Å²) >= 11 is 1.07. The number of nitrogens with zero attached hydrogens (tertiary/aromatic N) is 2. The van der Waals surface area contributed by atoms with Crippen molar-refractivity contribution in [2.75, 3.05) is 33.1 Å². The maximum Gasteiger partial charge on any atom is 0.337 e. The van der Waals surface area contributed by atoms with Gasteiger partial charge >= 0.3 is 11.9 Å². The molecule has 1 N–H and O–H groups in total. The van der Waals surface area contributed by atoms with Crippen molar-refractivity contribution in [2.24, 2.45) is 5.92 Å². The lowest BCUT2D eigenvalue weighted by molar-refractivity contribution is -0.150. The molecule has 0 radical (unpaired) electrons. The zero-order valence-electron chi connectivity index (χ0n) is 17.8. The molecule has 0 unspecified atom stereocenters. The molecule has 2 heterocycles. The minimum atomic E-state index is -1.28. The van der Waals surface area contributed by atoms with Gasteiger partial charge in [-0.3, -0.25) is 14.4 Å². The third-order valence-electron chi connectivity index (χ3n) is 5.47. The van der Waals surface area contributed by atoms with Gasteiger partial charge in [0.25, 0.3) is 0 Å². The number of methoxy groups -OCH3 is 2. The molecule has 2 amide bonds. The van der Waals surface area contributed by atoms with Gasteiger partial charge in [-0.15, -0.1) is 0 Å². The van der Waals surface area contributed by atoms with Gasteiger partial charge in [-0.1, -0.05) is 23.9 Å². The molecule has 1 saturated heterocycles. The van der Waals surface area contributed by atoms with Crippen molar-refractivity contribution in [3.05, 3.63) is 46.0 Å². The number of amides is 2. The molecule has 3 rings (SSSR count). The Morgan fingerprint density at radius 3 is 2.38 bits per heavy atom. The van der Waals surface area contributed by atoms with Crippen molar-refractivity contribution < 1.29 is 28.7 Å². The van der Waals surface area contributed by atoms with Gasteiger partial charge in [0.05, 0.1) is 42.2 Å². The van der Waals surface area contributed by atoms with Crippen molar-refractivity contribution in [1.29, 1.82) is 5.26 Å². The van der Waals surface area contributed by atoms with E-state index >= 15 is 0 Å². The monoisotopic (exact) mass is 457 g/mol. The average molecular weight is 458 g/mol. The van der Waals surface area contributed by atoms with E-state index in [1.807, 2.05) is 0 Å². The fraction of sp³-hybridized carbons (Fsp3) is 0.409. The highest BCUT2D eigenvalue weighted by Gasteiger charge is 2.44.